The number of unbranched alkanes of at least 4 members (excludes halogenated alkanes) is 15. The Balaban J connectivity index is 1.30. The Morgan fingerprint density at radius 2 is 1.11 bits per heavy atom. The molecule has 0 bridgehead atoms. The number of hydrogen-bond acceptors (Lipinski definition) is 7. The van der Waals surface area contributed by atoms with E-state index in [1.54, 1.807) is 55.5 Å². The van der Waals surface area contributed by atoms with Gasteiger partial charge in [0, 0.05) is 11.1 Å². The molecule has 0 aromatic heterocycles. The molecule has 3 aromatic carbocycles. The van der Waals surface area contributed by atoms with Gasteiger partial charge < -0.3 is 18.9 Å². The van der Waals surface area contributed by atoms with Gasteiger partial charge >= 0.3 is 17.9 Å². The molecular formula is C45H57FO7. The number of benzene rings is 3. The van der Waals surface area contributed by atoms with Crippen molar-refractivity contribution in [2.75, 3.05) is 13.2 Å². The van der Waals surface area contributed by atoms with Gasteiger partial charge in [-0.05, 0) is 87.0 Å². The minimum atomic E-state index is -1.01. The Labute approximate surface area is 316 Å². The first-order chi connectivity index (χ1) is 25.8. The molecule has 8 heteroatoms. The van der Waals surface area contributed by atoms with Gasteiger partial charge in [-0.2, -0.15) is 0 Å². The smallest absolute Gasteiger partial charge is 0.347 e. The van der Waals surface area contributed by atoms with Crippen molar-refractivity contribution in [1.82, 2.24) is 0 Å². The fraction of sp³-hybridized carbons (Fsp3) is 0.489. The maximum absolute atomic E-state index is 14.7. The molecule has 0 aliphatic carbocycles. The highest BCUT2D eigenvalue weighted by Gasteiger charge is 2.20. The summed E-state index contributed by atoms with van der Waals surface area (Å²) >= 11 is 0. The van der Waals surface area contributed by atoms with Gasteiger partial charge in [-0.15, -0.1) is 0 Å². The molecule has 0 saturated heterocycles. The van der Waals surface area contributed by atoms with E-state index in [-0.39, 0.29) is 23.5 Å². The van der Waals surface area contributed by atoms with Crippen molar-refractivity contribution < 1.29 is 37.7 Å². The minimum Gasteiger partial charge on any atom is -0.491 e. The molecule has 0 aliphatic rings. The molecule has 3 aromatic rings. The van der Waals surface area contributed by atoms with Gasteiger partial charge in [0.2, 0.25) is 0 Å². The summed E-state index contributed by atoms with van der Waals surface area (Å²) in [6.45, 7) is 6.04. The molecule has 0 N–H and O–H groups in total. The monoisotopic (exact) mass is 728 g/mol. The third-order valence-electron chi connectivity index (χ3n) is 8.86. The summed E-state index contributed by atoms with van der Waals surface area (Å²) in [5.74, 6) is 3.93. The van der Waals surface area contributed by atoms with Crippen LogP contribution in [0.2, 0.25) is 0 Å². The standard InChI is InChI=1S/C45H57FO7/c1-4-6-7-8-9-10-11-12-13-14-15-16-17-18-19-20-33-51-42-32-29-39(34-41(42)46)45(49)53-40-30-25-37(26-31-40)22-21-36-23-27-38(28-24-36)44(48)52-35(3)43(47)50-5-2/h23-32,34-35H,4-20,33H2,1-3H3. The number of halogens is 1. The lowest BCUT2D eigenvalue weighted by Gasteiger charge is -2.11. The zero-order valence-corrected chi connectivity index (χ0v) is 31.9. The van der Waals surface area contributed by atoms with Crippen molar-refractivity contribution in [3.8, 4) is 23.3 Å². The van der Waals surface area contributed by atoms with Gasteiger partial charge in [0.1, 0.15) is 5.75 Å². The Bertz CT molecular complexity index is 1590. The van der Waals surface area contributed by atoms with Crippen LogP contribution in [0.4, 0.5) is 4.39 Å². The van der Waals surface area contributed by atoms with Crippen LogP contribution in [0.5, 0.6) is 11.5 Å². The Morgan fingerprint density at radius 1 is 0.623 bits per heavy atom. The number of rotatable bonds is 24. The van der Waals surface area contributed by atoms with E-state index in [4.69, 9.17) is 18.9 Å². The molecule has 0 amide bonds. The van der Waals surface area contributed by atoms with Crippen LogP contribution in [0.1, 0.15) is 155 Å². The quantitative estimate of drug-likeness (QED) is 0.0393. The van der Waals surface area contributed by atoms with Crippen molar-refractivity contribution in [3.63, 3.8) is 0 Å². The predicted octanol–water partition coefficient (Wildman–Crippen LogP) is 11.2. The van der Waals surface area contributed by atoms with Gasteiger partial charge in [0.05, 0.1) is 24.3 Å². The number of esters is 3. The third-order valence-corrected chi connectivity index (χ3v) is 8.86. The lowest BCUT2D eigenvalue weighted by atomic mass is 10.0. The normalized spacial score (nSPS) is 11.2. The van der Waals surface area contributed by atoms with E-state index >= 15 is 0 Å². The summed E-state index contributed by atoms with van der Waals surface area (Å²) in [5.41, 5.74) is 1.71. The summed E-state index contributed by atoms with van der Waals surface area (Å²) in [5, 5.41) is 0. The van der Waals surface area contributed by atoms with Gasteiger partial charge in [0.15, 0.2) is 17.7 Å². The fourth-order valence-electron chi connectivity index (χ4n) is 5.72. The topological polar surface area (TPSA) is 88.1 Å². The molecule has 0 fully saturated rings. The van der Waals surface area contributed by atoms with Crippen molar-refractivity contribution in [2.24, 2.45) is 0 Å². The number of carbonyl (C=O) groups is 3. The van der Waals surface area contributed by atoms with Crippen molar-refractivity contribution in [2.45, 2.75) is 130 Å². The van der Waals surface area contributed by atoms with Crippen LogP contribution in [-0.4, -0.2) is 37.2 Å². The highest BCUT2D eigenvalue weighted by molar-refractivity contribution is 5.92. The number of hydrogen-bond donors (Lipinski definition) is 0. The summed E-state index contributed by atoms with van der Waals surface area (Å²) in [6.07, 6.45) is 19.7. The van der Waals surface area contributed by atoms with E-state index in [1.807, 2.05) is 0 Å². The molecule has 1 unspecified atom stereocenters. The van der Waals surface area contributed by atoms with Crippen LogP contribution < -0.4 is 9.47 Å². The van der Waals surface area contributed by atoms with Gasteiger partial charge in [0.25, 0.3) is 0 Å². The Hall–Kier alpha value is -4.64. The van der Waals surface area contributed by atoms with E-state index in [0.717, 1.165) is 25.3 Å². The molecule has 0 spiro atoms. The van der Waals surface area contributed by atoms with E-state index in [9.17, 15) is 18.8 Å². The minimum absolute atomic E-state index is 0.0869. The lowest BCUT2D eigenvalue weighted by Crippen LogP contribution is -2.26. The maximum atomic E-state index is 14.7. The molecule has 0 saturated carbocycles. The Kier molecular flexibility index (Phi) is 20.5. The zero-order valence-electron chi connectivity index (χ0n) is 31.9. The second kappa shape index (κ2) is 25.4. The second-order valence-corrected chi connectivity index (χ2v) is 13.3. The largest absolute Gasteiger partial charge is 0.491 e. The maximum Gasteiger partial charge on any atom is 0.347 e. The zero-order chi connectivity index (χ0) is 38.1. The molecule has 53 heavy (non-hydrogen) atoms. The van der Waals surface area contributed by atoms with Crippen LogP contribution in [0.3, 0.4) is 0 Å². The van der Waals surface area contributed by atoms with Crippen molar-refractivity contribution in [1.29, 1.82) is 0 Å². The van der Waals surface area contributed by atoms with Crippen LogP contribution in [-0.2, 0) is 14.3 Å². The summed E-state index contributed by atoms with van der Waals surface area (Å²) in [4.78, 5) is 36.7. The van der Waals surface area contributed by atoms with Crippen LogP contribution in [0.15, 0.2) is 66.7 Å². The van der Waals surface area contributed by atoms with E-state index in [2.05, 4.69) is 18.8 Å². The number of ether oxygens (including phenoxy) is 4. The molecule has 1 atom stereocenters. The number of carbonyl (C=O) groups excluding carboxylic acids is 3. The van der Waals surface area contributed by atoms with E-state index in [0.29, 0.717) is 23.5 Å². The van der Waals surface area contributed by atoms with Gasteiger partial charge in [-0.1, -0.05) is 115 Å². The van der Waals surface area contributed by atoms with Crippen molar-refractivity contribution in [3.05, 3.63) is 94.8 Å². The first-order valence-corrected chi connectivity index (χ1v) is 19.5. The molecule has 0 radical (unpaired) electrons. The predicted molar refractivity (Wildman–Crippen MR) is 207 cm³/mol. The van der Waals surface area contributed by atoms with Gasteiger partial charge in [-0.25, -0.2) is 18.8 Å². The van der Waals surface area contributed by atoms with Crippen molar-refractivity contribution >= 4 is 17.9 Å². The first-order valence-electron chi connectivity index (χ1n) is 19.5. The van der Waals surface area contributed by atoms with Crippen LogP contribution in [0.25, 0.3) is 0 Å². The average Bonchev–Trinajstić information content (AvgIpc) is 3.16. The highest BCUT2D eigenvalue weighted by Crippen LogP contribution is 2.21. The molecule has 286 valence electrons. The summed E-state index contributed by atoms with van der Waals surface area (Å²) in [7, 11) is 0. The Morgan fingerprint density at radius 3 is 1.62 bits per heavy atom. The fourth-order valence-corrected chi connectivity index (χ4v) is 5.72. The summed E-state index contributed by atoms with van der Waals surface area (Å²) < 4.78 is 35.8. The first kappa shape index (κ1) is 42.8. The van der Waals surface area contributed by atoms with E-state index in [1.165, 1.54) is 103 Å². The molecular weight excluding hydrogens is 671 g/mol. The van der Waals surface area contributed by atoms with Crippen LogP contribution >= 0.6 is 0 Å². The SMILES string of the molecule is CCCCCCCCCCCCCCCCCCOc1ccc(C(=O)Oc2ccc(C#Cc3ccc(C(=O)OC(C)C(=O)OCC)cc3)cc2)cc1F. The molecule has 0 heterocycles. The summed E-state index contributed by atoms with van der Waals surface area (Å²) in [6, 6.07) is 17.2. The molecule has 3 rings (SSSR count). The van der Waals surface area contributed by atoms with Gasteiger partial charge in [-0.3, -0.25) is 0 Å². The highest BCUT2D eigenvalue weighted by atomic mass is 19.1. The average molecular weight is 729 g/mol. The third kappa shape index (κ3) is 17.2. The molecule has 7 nitrogen and oxygen atoms in total. The molecule has 0 aliphatic heterocycles. The lowest BCUT2D eigenvalue weighted by molar-refractivity contribution is -0.152. The van der Waals surface area contributed by atoms with Crippen LogP contribution in [0, 0.1) is 17.7 Å². The second-order valence-electron chi connectivity index (χ2n) is 13.3. The van der Waals surface area contributed by atoms with E-state index < -0.39 is 29.8 Å².